The molecule has 3 aromatic carbocycles. The quantitative estimate of drug-likeness (QED) is 0.376. The second-order valence-electron chi connectivity index (χ2n) is 7.51. The van der Waals surface area contributed by atoms with Crippen LogP contribution < -0.4 is 14.2 Å². The molecular weight excluding hydrogens is 436 g/mol. The van der Waals surface area contributed by atoms with Crippen LogP contribution in [-0.4, -0.2) is 51.0 Å². The number of rotatable bonds is 8. The summed E-state index contributed by atoms with van der Waals surface area (Å²) in [7, 11) is 3.12. The zero-order chi connectivity index (χ0) is 23.7. The molecular formula is C25H22N4O5. The van der Waals surface area contributed by atoms with Gasteiger partial charge in [-0.05, 0) is 30.3 Å². The maximum absolute atomic E-state index is 11.3. The average Bonchev–Trinajstić information content (AvgIpc) is 3.42. The Labute approximate surface area is 194 Å². The van der Waals surface area contributed by atoms with Gasteiger partial charge in [-0.2, -0.15) is 9.97 Å². The number of para-hydroxylation sites is 5. The van der Waals surface area contributed by atoms with E-state index < -0.39 is 18.7 Å². The number of aliphatic carboxylic acids is 1. The number of benzene rings is 3. The lowest BCUT2D eigenvalue weighted by Crippen LogP contribution is -2.22. The van der Waals surface area contributed by atoms with E-state index in [-0.39, 0.29) is 0 Å². The zero-order valence-electron chi connectivity index (χ0n) is 18.6. The zero-order valence-corrected chi connectivity index (χ0v) is 18.6. The molecule has 0 fully saturated rings. The number of carboxylic acids is 1. The van der Waals surface area contributed by atoms with E-state index in [1.165, 1.54) is 0 Å². The molecule has 2 heterocycles. The molecule has 0 amide bonds. The van der Waals surface area contributed by atoms with Crippen LogP contribution in [0, 0.1) is 0 Å². The summed E-state index contributed by atoms with van der Waals surface area (Å²) >= 11 is 0. The van der Waals surface area contributed by atoms with Gasteiger partial charge < -0.3 is 19.3 Å². The molecule has 0 radical (unpaired) electrons. The Hall–Kier alpha value is -4.53. The van der Waals surface area contributed by atoms with Gasteiger partial charge in [0.05, 0.1) is 36.3 Å². The fraction of sp³-hybridized carbons (Fsp3) is 0.160. The number of nitrogens with zero attached hydrogens (tertiary/aromatic N) is 4. The van der Waals surface area contributed by atoms with Gasteiger partial charge >= 0.3 is 5.97 Å². The highest BCUT2D eigenvalue weighted by molar-refractivity contribution is 5.79. The van der Waals surface area contributed by atoms with Crippen LogP contribution in [0.2, 0.25) is 0 Å². The van der Waals surface area contributed by atoms with Crippen molar-refractivity contribution in [2.75, 3.05) is 20.8 Å². The Morgan fingerprint density at radius 2 is 1.32 bits per heavy atom. The molecule has 0 aliphatic heterocycles. The molecule has 5 rings (SSSR count). The third-order valence-electron chi connectivity index (χ3n) is 5.53. The standard InChI is InChI=1S/C25H22N4O5/c1-32-24-26-17-10-4-6-12-19(17)28(24)23(16-9-3-8-14-21(16)34-15-22(30)31)29-20-13-7-5-11-18(20)27-25(29)33-2/h3-14,23H,15H2,1-2H3,(H,30,31). The minimum absolute atomic E-state index is 0.374. The molecule has 0 saturated carbocycles. The number of fused-ring (bicyclic) bond motifs is 2. The molecule has 2 aromatic heterocycles. The van der Waals surface area contributed by atoms with Gasteiger partial charge in [-0.3, -0.25) is 9.13 Å². The molecule has 0 unspecified atom stereocenters. The maximum atomic E-state index is 11.3. The van der Waals surface area contributed by atoms with Crippen molar-refractivity contribution in [3.63, 3.8) is 0 Å². The molecule has 0 spiro atoms. The smallest absolute Gasteiger partial charge is 0.341 e. The average molecular weight is 458 g/mol. The SMILES string of the molecule is COc1nc2ccccc2n1C(c1ccccc1OCC(=O)O)n1c(OC)nc2ccccc21. The number of imidazole rings is 2. The molecule has 0 aliphatic carbocycles. The molecule has 1 N–H and O–H groups in total. The highest BCUT2D eigenvalue weighted by Crippen LogP contribution is 2.39. The summed E-state index contributed by atoms with van der Waals surface area (Å²) in [6.07, 6.45) is -0.616. The molecule has 0 atom stereocenters. The van der Waals surface area contributed by atoms with Gasteiger partial charge in [0.15, 0.2) is 6.61 Å². The largest absolute Gasteiger partial charge is 0.481 e. The molecule has 172 valence electrons. The van der Waals surface area contributed by atoms with E-state index in [9.17, 15) is 9.90 Å². The minimum atomic E-state index is -1.07. The van der Waals surface area contributed by atoms with Crippen molar-refractivity contribution in [1.29, 1.82) is 0 Å². The van der Waals surface area contributed by atoms with Crippen molar-refractivity contribution in [2.24, 2.45) is 0 Å². The number of aromatic nitrogens is 4. The summed E-state index contributed by atoms with van der Waals surface area (Å²) in [6, 6.07) is 23.4. The first-order valence-electron chi connectivity index (χ1n) is 10.6. The van der Waals surface area contributed by atoms with Crippen LogP contribution in [0.4, 0.5) is 0 Å². The summed E-state index contributed by atoms with van der Waals surface area (Å²) < 4.78 is 20.9. The van der Waals surface area contributed by atoms with Crippen molar-refractivity contribution in [1.82, 2.24) is 19.1 Å². The molecule has 0 saturated heterocycles. The van der Waals surface area contributed by atoms with Gasteiger partial charge in [-0.15, -0.1) is 0 Å². The van der Waals surface area contributed by atoms with Crippen molar-refractivity contribution in [3.05, 3.63) is 78.4 Å². The third kappa shape index (κ3) is 3.57. The molecule has 0 bridgehead atoms. The lowest BCUT2D eigenvalue weighted by Gasteiger charge is -2.26. The van der Waals surface area contributed by atoms with Gasteiger partial charge in [0.25, 0.3) is 12.0 Å². The first kappa shape index (κ1) is 21.3. The summed E-state index contributed by atoms with van der Waals surface area (Å²) in [5.41, 5.74) is 3.81. The van der Waals surface area contributed by atoms with Gasteiger partial charge in [0.2, 0.25) is 0 Å². The molecule has 9 nitrogen and oxygen atoms in total. The van der Waals surface area contributed by atoms with Crippen LogP contribution in [-0.2, 0) is 4.79 Å². The van der Waals surface area contributed by atoms with Crippen LogP contribution in [0.1, 0.15) is 11.7 Å². The fourth-order valence-electron chi connectivity index (χ4n) is 4.16. The topological polar surface area (TPSA) is 101 Å². The van der Waals surface area contributed by atoms with Gasteiger partial charge in [-0.1, -0.05) is 42.5 Å². The monoisotopic (exact) mass is 458 g/mol. The summed E-state index contributed by atoms with van der Waals surface area (Å²) in [5, 5.41) is 9.22. The Bertz CT molecular complexity index is 1410. The van der Waals surface area contributed by atoms with E-state index in [0.717, 1.165) is 22.1 Å². The van der Waals surface area contributed by atoms with Crippen LogP contribution in [0.15, 0.2) is 72.8 Å². The Morgan fingerprint density at radius 3 is 1.85 bits per heavy atom. The van der Waals surface area contributed by atoms with E-state index in [1.54, 1.807) is 26.4 Å². The third-order valence-corrected chi connectivity index (χ3v) is 5.53. The molecule has 0 aliphatic rings. The second kappa shape index (κ2) is 8.78. The van der Waals surface area contributed by atoms with Crippen molar-refractivity contribution in [3.8, 4) is 17.8 Å². The Morgan fingerprint density at radius 1 is 0.824 bits per heavy atom. The predicted molar refractivity (Wildman–Crippen MR) is 126 cm³/mol. The van der Waals surface area contributed by atoms with Crippen LogP contribution in [0.25, 0.3) is 22.1 Å². The number of hydrogen-bond donors (Lipinski definition) is 1. The van der Waals surface area contributed by atoms with Crippen LogP contribution in [0.5, 0.6) is 17.8 Å². The second-order valence-corrected chi connectivity index (χ2v) is 7.51. The maximum Gasteiger partial charge on any atom is 0.341 e. The fourth-order valence-corrected chi connectivity index (χ4v) is 4.16. The van der Waals surface area contributed by atoms with Crippen molar-refractivity contribution < 1.29 is 24.1 Å². The summed E-state index contributed by atoms with van der Waals surface area (Å²) in [5.74, 6) is -0.655. The van der Waals surface area contributed by atoms with Crippen molar-refractivity contribution in [2.45, 2.75) is 6.17 Å². The number of hydrogen-bond acceptors (Lipinski definition) is 6. The van der Waals surface area contributed by atoms with Gasteiger partial charge in [-0.25, -0.2) is 4.79 Å². The summed E-state index contributed by atoms with van der Waals surface area (Å²) in [4.78, 5) is 20.6. The molecule has 34 heavy (non-hydrogen) atoms. The lowest BCUT2D eigenvalue weighted by molar-refractivity contribution is -0.139. The predicted octanol–water partition coefficient (Wildman–Crippen LogP) is 3.96. The highest BCUT2D eigenvalue weighted by Gasteiger charge is 2.30. The first-order chi connectivity index (χ1) is 16.6. The number of ether oxygens (including phenoxy) is 3. The molecule has 5 aromatic rings. The number of carbonyl (C=O) groups is 1. The minimum Gasteiger partial charge on any atom is -0.481 e. The highest BCUT2D eigenvalue weighted by atomic mass is 16.5. The van der Waals surface area contributed by atoms with Crippen LogP contribution in [0.3, 0.4) is 0 Å². The van der Waals surface area contributed by atoms with E-state index in [2.05, 4.69) is 9.97 Å². The first-order valence-corrected chi connectivity index (χ1v) is 10.6. The Kier molecular flexibility index (Phi) is 5.51. The van der Waals surface area contributed by atoms with Crippen molar-refractivity contribution >= 4 is 28.0 Å². The van der Waals surface area contributed by atoms with Gasteiger partial charge in [0.1, 0.15) is 11.9 Å². The van der Waals surface area contributed by atoms with E-state index in [4.69, 9.17) is 14.2 Å². The summed E-state index contributed by atoms with van der Waals surface area (Å²) in [6.45, 7) is -0.479. The van der Waals surface area contributed by atoms with Crippen LogP contribution >= 0.6 is 0 Å². The van der Waals surface area contributed by atoms with E-state index in [1.807, 2.05) is 69.8 Å². The molecule has 9 heteroatoms. The van der Waals surface area contributed by atoms with Gasteiger partial charge in [0, 0.05) is 5.56 Å². The normalized spacial score (nSPS) is 11.3. The number of methoxy groups -OCH3 is 2. The van der Waals surface area contributed by atoms with E-state index in [0.29, 0.717) is 23.3 Å². The lowest BCUT2D eigenvalue weighted by atomic mass is 10.1. The number of carboxylic acid groups (broad SMARTS) is 1. The van der Waals surface area contributed by atoms with E-state index >= 15 is 0 Å². The Balaban J connectivity index is 1.86.